The van der Waals surface area contributed by atoms with Crippen molar-refractivity contribution in [2.24, 2.45) is 11.6 Å². The van der Waals surface area contributed by atoms with Crippen molar-refractivity contribution in [2.75, 3.05) is 13.6 Å². The zero-order valence-electron chi connectivity index (χ0n) is 17.5. The lowest BCUT2D eigenvalue weighted by molar-refractivity contribution is -0.137. The van der Waals surface area contributed by atoms with Crippen LogP contribution in [0.4, 0.5) is 17.6 Å². The molecule has 0 radical (unpaired) electrons. The van der Waals surface area contributed by atoms with Crippen molar-refractivity contribution in [1.29, 1.82) is 0 Å². The summed E-state index contributed by atoms with van der Waals surface area (Å²) in [5, 5.41) is 13.1. The second-order valence-electron chi connectivity index (χ2n) is 6.83. The number of nitrogens with zero attached hydrogens (tertiary/aromatic N) is 5. The zero-order chi connectivity index (χ0) is 24.6. The number of hydrazine groups is 1. The fourth-order valence-corrected chi connectivity index (χ4v) is 2.53. The number of amides is 2. The molecule has 33 heavy (non-hydrogen) atoms. The lowest BCUT2D eigenvalue weighted by Gasteiger charge is -2.16. The largest absolute Gasteiger partial charge is 0.416 e. The molecule has 6 N–H and O–H groups in total. The average Bonchev–Trinajstić information content (AvgIpc) is 3.23. The summed E-state index contributed by atoms with van der Waals surface area (Å²) < 4.78 is 53.5. The molecule has 0 aromatic carbocycles. The number of halogens is 4. The Labute approximate surface area is 185 Å². The van der Waals surface area contributed by atoms with Crippen molar-refractivity contribution < 1.29 is 27.2 Å². The van der Waals surface area contributed by atoms with Crippen molar-refractivity contribution >= 4 is 11.8 Å². The SMILES string of the molecule is CNC(=O)/C(N)=C/N(N)CCC(F)Cn1cc(C(=O)NCc2cc(C(F)(F)F)ccn2)nn1. The third kappa shape index (κ3) is 8.03. The molecule has 0 aliphatic rings. The van der Waals surface area contributed by atoms with E-state index in [1.54, 1.807) is 0 Å². The molecule has 2 heterocycles. The first-order chi connectivity index (χ1) is 15.5. The highest BCUT2D eigenvalue weighted by Gasteiger charge is 2.30. The number of nitrogens with one attached hydrogen (secondary N) is 2. The molecule has 0 aliphatic heterocycles. The van der Waals surface area contributed by atoms with Gasteiger partial charge in [-0.25, -0.2) is 14.9 Å². The van der Waals surface area contributed by atoms with E-state index in [0.717, 1.165) is 28.0 Å². The summed E-state index contributed by atoms with van der Waals surface area (Å²) in [6, 6.07) is 1.64. The molecule has 0 bridgehead atoms. The van der Waals surface area contributed by atoms with Crippen LogP contribution in [0, 0.1) is 0 Å². The molecule has 1 unspecified atom stereocenters. The van der Waals surface area contributed by atoms with E-state index in [4.69, 9.17) is 11.6 Å². The Morgan fingerprint density at radius 2 is 2.09 bits per heavy atom. The molecule has 2 rings (SSSR count). The second-order valence-corrected chi connectivity index (χ2v) is 6.83. The molecule has 11 nitrogen and oxygen atoms in total. The smallest absolute Gasteiger partial charge is 0.393 e. The van der Waals surface area contributed by atoms with E-state index in [-0.39, 0.29) is 43.1 Å². The van der Waals surface area contributed by atoms with Crippen LogP contribution in [0.25, 0.3) is 0 Å². The Kier molecular flexibility index (Phi) is 8.67. The van der Waals surface area contributed by atoms with Gasteiger partial charge in [-0.1, -0.05) is 5.21 Å². The summed E-state index contributed by atoms with van der Waals surface area (Å²) in [6.07, 6.45) is -2.60. The van der Waals surface area contributed by atoms with Crippen molar-refractivity contribution in [3.05, 3.63) is 53.4 Å². The van der Waals surface area contributed by atoms with E-state index < -0.39 is 29.7 Å². The number of alkyl halides is 4. The number of rotatable bonds is 10. The molecule has 180 valence electrons. The molecule has 15 heteroatoms. The van der Waals surface area contributed by atoms with Crippen LogP contribution in [0.1, 0.15) is 28.2 Å². The molecule has 0 saturated heterocycles. The lowest BCUT2D eigenvalue weighted by atomic mass is 10.2. The van der Waals surface area contributed by atoms with Gasteiger partial charge >= 0.3 is 6.18 Å². The van der Waals surface area contributed by atoms with Crippen LogP contribution in [0.3, 0.4) is 0 Å². The van der Waals surface area contributed by atoms with Crippen LogP contribution in [0.15, 0.2) is 36.4 Å². The fraction of sp³-hybridized carbons (Fsp3) is 0.389. The highest BCUT2D eigenvalue weighted by molar-refractivity contribution is 5.92. The molecule has 2 aromatic heterocycles. The Bertz CT molecular complexity index is 993. The number of aromatic nitrogens is 4. The maximum Gasteiger partial charge on any atom is 0.416 e. The summed E-state index contributed by atoms with van der Waals surface area (Å²) in [4.78, 5) is 27.2. The van der Waals surface area contributed by atoms with Crippen LogP contribution in [0.5, 0.6) is 0 Å². The van der Waals surface area contributed by atoms with Gasteiger partial charge < -0.3 is 21.4 Å². The monoisotopic (exact) mass is 473 g/mol. The number of hydrogen-bond donors (Lipinski definition) is 4. The standard InChI is InChI=1S/C18H23F4N9O2/c1-25-16(32)14(23)9-30(24)5-3-12(19)8-31-10-15(28-29-31)17(33)27-7-13-6-11(2-4-26-13)18(20,21)22/h2,4,6,9-10,12H,3,5,7-8,23-24H2,1H3,(H,25,32)(H,27,33)/b14-9-. The normalized spacial score (nSPS) is 12.8. The van der Waals surface area contributed by atoms with Gasteiger partial charge in [0.1, 0.15) is 11.9 Å². The van der Waals surface area contributed by atoms with E-state index in [1.165, 1.54) is 19.4 Å². The van der Waals surface area contributed by atoms with Crippen LogP contribution in [-0.4, -0.2) is 56.6 Å². The van der Waals surface area contributed by atoms with Crippen LogP contribution < -0.4 is 22.2 Å². The van der Waals surface area contributed by atoms with Crippen molar-refractivity contribution in [1.82, 2.24) is 35.6 Å². The molecule has 0 aliphatic carbocycles. The first kappa shape index (κ1) is 25.5. The van der Waals surface area contributed by atoms with Gasteiger partial charge in [0.15, 0.2) is 5.69 Å². The third-order valence-corrected chi connectivity index (χ3v) is 4.23. The summed E-state index contributed by atoms with van der Waals surface area (Å²) in [5.41, 5.74) is 4.34. The van der Waals surface area contributed by atoms with Crippen molar-refractivity contribution in [3.63, 3.8) is 0 Å². The molecule has 0 fully saturated rings. The second kappa shape index (κ2) is 11.2. The average molecular weight is 473 g/mol. The van der Waals surface area contributed by atoms with E-state index in [0.29, 0.717) is 0 Å². The maximum absolute atomic E-state index is 14.2. The van der Waals surface area contributed by atoms with Crippen LogP contribution in [0.2, 0.25) is 0 Å². The van der Waals surface area contributed by atoms with Crippen LogP contribution in [-0.2, 0) is 24.1 Å². The molecular formula is C18H23F4N9O2. The van der Waals surface area contributed by atoms with E-state index >= 15 is 0 Å². The quantitative estimate of drug-likeness (QED) is 0.163. The predicted octanol–water partition coefficient (Wildman–Crippen LogP) is 0.0719. The van der Waals surface area contributed by atoms with Gasteiger partial charge in [-0.2, -0.15) is 13.2 Å². The Morgan fingerprint density at radius 3 is 2.76 bits per heavy atom. The lowest BCUT2D eigenvalue weighted by Crippen LogP contribution is -2.33. The molecule has 2 aromatic rings. The third-order valence-electron chi connectivity index (χ3n) is 4.23. The predicted molar refractivity (Wildman–Crippen MR) is 107 cm³/mol. The number of carbonyl (C=O) groups excluding carboxylic acids is 2. The Morgan fingerprint density at radius 1 is 1.36 bits per heavy atom. The number of pyridine rings is 1. The number of likely N-dealkylation sites (N-methyl/N-ethyl adjacent to an activating group) is 1. The maximum atomic E-state index is 14.2. The van der Waals surface area contributed by atoms with Gasteiger partial charge in [0, 0.05) is 26.0 Å². The first-order valence-corrected chi connectivity index (χ1v) is 9.54. The van der Waals surface area contributed by atoms with Gasteiger partial charge in [-0.15, -0.1) is 5.10 Å². The summed E-state index contributed by atoms with van der Waals surface area (Å²) >= 11 is 0. The van der Waals surface area contributed by atoms with Gasteiger partial charge in [0.05, 0.1) is 30.5 Å². The minimum atomic E-state index is -4.53. The minimum absolute atomic E-state index is 0.00633. The Balaban J connectivity index is 1.84. The van der Waals surface area contributed by atoms with E-state index in [9.17, 15) is 27.2 Å². The van der Waals surface area contributed by atoms with Crippen molar-refractivity contribution in [2.45, 2.75) is 31.9 Å². The van der Waals surface area contributed by atoms with Gasteiger partial charge in [-0.05, 0) is 18.6 Å². The molecule has 0 saturated carbocycles. The van der Waals surface area contributed by atoms with E-state index in [2.05, 4.69) is 25.9 Å². The van der Waals surface area contributed by atoms with Crippen LogP contribution >= 0.6 is 0 Å². The molecule has 0 spiro atoms. The zero-order valence-corrected chi connectivity index (χ0v) is 17.5. The van der Waals surface area contributed by atoms with E-state index in [1.807, 2.05) is 0 Å². The summed E-state index contributed by atoms with van der Waals surface area (Å²) in [7, 11) is 1.40. The highest BCUT2D eigenvalue weighted by Crippen LogP contribution is 2.28. The topological polar surface area (TPSA) is 157 Å². The summed E-state index contributed by atoms with van der Waals surface area (Å²) in [6.45, 7) is -0.441. The first-order valence-electron chi connectivity index (χ1n) is 9.54. The Hall–Kier alpha value is -3.75. The van der Waals surface area contributed by atoms with Crippen molar-refractivity contribution in [3.8, 4) is 0 Å². The number of carbonyl (C=O) groups is 2. The molecule has 1 atom stereocenters. The highest BCUT2D eigenvalue weighted by atomic mass is 19.4. The number of hydrogen-bond acceptors (Lipinski definition) is 8. The minimum Gasteiger partial charge on any atom is -0.393 e. The summed E-state index contributed by atoms with van der Waals surface area (Å²) in [5.74, 6) is 4.40. The number of nitrogens with two attached hydrogens (primary N) is 2. The molecule has 2 amide bonds. The fourth-order valence-electron chi connectivity index (χ4n) is 2.53. The van der Waals surface area contributed by atoms with Gasteiger partial charge in [0.25, 0.3) is 11.8 Å². The molecular weight excluding hydrogens is 450 g/mol. The van der Waals surface area contributed by atoms with Gasteiger partial charge in [0.2, 0.25) is 0 Å². The van der Waals surface area contributed by atoms with Gasteiger partial charge in [-0.3, -0.25) is 14.6 Å².